The lowest BCUT2D eigenvalue weighted by atomic mass is 10.1. The molecule has 4 nitrogen and oxygen atoms in total. The van der Waals surface area contributed by atoms with E-state index in [9.17, 15) is 4.79 Å². The molecule has 0 radical (unpaired) electrons. The maximum absolute atomic E-state index is 11.4. The van der Waals surface area contributed by atoms with Gasteiger partial charge >= 0.3 is 5.97 Å². The molecule has 0 aliphatic carbocycles. The van der Waals surface area contributed by atoms with Crippen LogP contribution in [0.5, 0.6) is 0 Å². The molecule has 19 heavy (non-hydrogen) atoms. The standard InChI is InChI=1S/C14H18BrNO3/c1-18-14(17)10-2-3-11(13(15)8-10)9-16-12-4-6-19-7-5-12/h2-3,8,12,16H,4-7,9H2,1H3. The monoisotopic (exact) mass is 327 g/mol. The van der Waals surface area contributed by atoms with Gasteiger partial charge in [-0.05, 0) is 30.5 Å². The van der Waals surface area contributed by atoms with Crippen LogP contribution in [-0.4, -0.2) is 32.3 Å². The van der Waals surface area contributed by atoms with Gasteiger partial charge in [0.1, 0.15) is 0 Å². The molecule has 1 aliphatic rings. The van der Waals surface area contributed by atoms with E-state index in [1.807, 2.05) is 6.07 Å². The normalized spacial score (nSPS) is 16.3. The maximum Gasteiger partial charge on any atom is 0.337 e. The minimum absolute atomic E-state index is 0.315. The predicted molar refractivity (Wildman–Crippen MR) is 76.2 cm³/mol. The van der Waals surface area contributed by atoms with Crippen LogP contribution in [0, 0.1) is 0 Å². The van der Waals surface area contributed by atoms with Crippen LogP contribution in [0.1, 0.15) is 28.8 Å². The number of carbonyl (C=O) groups is 1. The first kappa shape index (κ1) is 14.5. The van der Waals surface area contributed by atoms with Crippen molar-refractivity contribution in [2.45, 2.75) is 25.4 Å². The van der Waals surface area contributed by atoms with Gasteiger partial charge in [-0.15, -0.1) is 0 Å². The number of nitrogens with one attached hydrogen (secondary N) is 1. The Morgan fingerprint density at radius 3 is 2.84 bits per heavy atom. The number of carbonyl (C=O) groups excluding carboxylic acids is 1. The fourth-order valence-corrected chi connectivity index (χ4v) is 2.61. The maximum atomic E-state index is 11.4. The molecule has 1 N–H and O–H groups in total. The lowest BCUT2D eigenvalue weighted by molar-refractivity contribution is 0.0600. The van der Waals surface area contributed by atoms with Gasteiger partial charge in [-0.1, -0.05) is 22.0 Å². The largest absolute Gasteiger partial charge is 0.465 e. The molecular weight excluding hydrogens is 310 g/mol. The van der Waals surface area contributed by atoms with E-state index in [4.69, 9.17) is 9.47 Å². The Balaban J connectivity index is 1.95. The highest BCUT2D eigenvalue weighted by Crippen LogP contribution is 2.20. The molecule has 1 heterocycles. The second-order valence-corrected chi connectivity index (χ2v) is 5.42. The summed E-state index contributed by atoms with van der Waals surface area (Å²) >= 11 is 3.50. The Morgan fingerprint density at radius 1 is 1.47 bits per heavy atom. The van der Waals surface area contributed by atoms with Crippen molar-refractivity contribution in [1.29, 1.82) is 0 Å². The Hall–Kier alpha value is -0.910. The van der Waals surface area contributed by atoms with Crippen LogP contribution in [-0.2, 0) is 16.0 Å². The molecule has 0 amide bonds. The molecule has 2 rings (SSSR count). The lowest BCUT2D eigenvalue weighted by Crippen LogP contribution is -2.34. The third kappa shape index (κ3) is 4.03. The second kappa shape index (κ2) is 7.03. The molecular formula is C14H18BrNO3. The summed E-state index contributed by atoms with van der Waals surface area (Å²) in [6.45, 7) is 2.45. The summed E-state index contributed by atoms with van der Waals surface area (Å²) in [6, 6.07) is 6.05. The van der Waals surface area contributed by atoms with E-state index in [2.05, 4.69) is 21.2 Å². The molecule has 1 aromatic rings. The van der Waals surface area contributed by atoms with Gasteiger partial charge in [0, 0.05) is 30.3 Å². The number of ether oxygens (including phenoxy) is 2. The minimum atomic E-state index is -0.315. The number of hydrogen-bond acceptors (Lipinski definition) is 4. The Labute approximate surface area is 121 Å². The van der Waals surface area contributed by atoms with Gasteiger partial charge in [0.05, 0.1) is 12.7 Å². The molecule has 1 saturated heterocycles. The van der Waals surface area contributed by atoms with Gasteiger partial charge < -0.3 is 14.8 Å². The molecule has 1 fully saturated rings. The first-order valence-corrected chi connectivity index (χ1v) is 7.18. The number of hydrogen-bond donors (Lipinski definition) is 1. The van der Waals surface area contributed by atoms with Gasteiger partial charge in [0.25, 0.3) is 0 Å². The highest BCUT2D eigenvalue weighted by atomic mass is 79.9. The average molecular weight is 328 g/mol. The van der Waals surface area contributed by atoms with E-state index >= 15 is 0 Å². The van der Waals surface area contributed by atoms with Crippen LogP contribution >= 0.6 is 15.9 Å². The van der Waals surface area contributed by atoms with Crippen molar-refractivity contribution in [3.8, 4) is 0 Å². The second-order valence-electron chi connectivity index (χ2n) is 4.57. The third-order valence-electron chi connectivity index (χ3n) is 3.28. The average Bonchev–Trinajstić information content (AvgIpc) is 2.46. The van der Waals surface area contributed by atoms with Crippen molar-refractivity contribution < 1.29 is 14.3 Å². The third-order valence-corrected chi connectivity index (χ3v) is 4.01. The van der Waals surface area contributed by atoms with Crippen LogP contribution in [0.4, 0.5) is 0 Å². The summed E-state index contributed by atoms with van der Waals surface area (Å²) in [7, 11) is 1.39. The number of benzene rings is 1. The predicted octanol–water partition coefficient (Wildman–Crippen LogP) is 2.50. The van der Waals surface area contributed by atoms with Crippen molar-refractivity contribution in [2.24, 2.45) is 0 Å². The molecule has 1 aromatic carbocycles. The van der Waals surface area contributed by atoms with Gasteiger partial charge in [-0.2, -0.15) is 0 Å². The molecule has 0 unspecified atom stereocenters. The highest BCUT2D eigenvalue weighted by Gasteiger charge is 2.14. The fourth-order valence-electron chi connectivity index (χ4n) is 2.09. The SMILES string of the molecule is COC(=O)c1ccc(CNC2CCOCC2)c(Br)c1. The molecule has 0 bridgehead atoms. The van der Waals surface area contributed by atoms with E-state index in [-0.39, 0.29) is 5.97 Å². The molecule has 0 spiro atoms. The Morgan fingerprint density at radius 2 is 2.21 bits per heavy atom. The number of rotatable bonds is 4. The van der Waals surface area contributed by atoms with Crippen molar-refractivity contribution in [3.63, 3.8) is 0 Å². The van der Waals surface area contributed by atoms with Gasteiger partial charge in [0.2, 0.25) is 0 Å². The zero-order chi connectivity index (χ0) is 13.7. The van der Waals surface area contributed by atoms with Crippen LogP contribution in [0.25, 0.3) is 0 Å². The smallest absolute Gasteiger partial charge is 0.337 e. The minimum Gasteiger partial charge on any atom is -0.465 e. The van der Waals surface area contributed by atoms with Gasteiger partial charge in [0.15, 0.2) is 0 Å². The molecule has 0 atom stereocenters. The van der Waals surface area contributed by atoms with Crippen molar-refractivity contribution in [1.82, 2.24) is 5.32 Å². The van der Waals surface area contributed by atoms with E-state index in [1.54, 1.807) is 12.1 Å². The molecule has 0 saturated carbocycles. The summed E-state index contributed by atoms with van der Waals surface area (Å²) in [5, 5.41) is 3.52. The number of methoxy groups -OCH3 is 1. The van der Waals surface area contributed by atoms with Crippen molar-refractivity contribution in [2.75, 3.05) is 20.3 Å². The number of esters is 1. The van der Waals surface area contributed by atoms with Gasteiger partial charge in [-0.3, -0.25) is 0 Å². The fraction of sp³-hybridized carbons (Fsp3) is 0.500. The summed E-state index contributed by atoms with van der Waals surface area (Å²) in [5.74, 6) is -0.315. The van der Waals surface area contributed by atoms with Crippen LogP contribution in [0.2, 0.25) is 0 Å². The Kier molecular flexibility index (Phi) is 5.36. The van der Waals surface area contributed by atoms with E-state index in [0.717, 1.165) is 42.6 Å². The van der Waals surface area contributed by atoms with Crippen LogP contribution in [0.15, 0.2) is 22.7 Å². The zero-order valence-corrected chi connectivity index (χ0v) is 12.5. The summed E-state index contributed by atoms with van der Waals surface area (Å²) in [6.07, 6.45) is 2.11. The highest BCUT2D eigenvalue weighted by molar-refractivity contribution is 9.10. The zero-order valence-electron chi connectivity index (χ0n) is 10.9. The first-order chi connectivity index (χ1) is 9.20. The molecule has 104 valence electrons. The topological polar surface area (TPSA) is 47.6 Å². The van der Waals surface area contributed by atoms with E-state index in [1.165, 1.54) is 7.11 Å². The molecule has 5 heteroatoms. The quantitative estimate of drug-likeness (QED) is 0.863. The van der Waals surface area contributed by atoms with Crippen LogP contribution in [0.3, 0.4) is 0 Å². The molecule has 0 aromatic heterocycles. The summed E-state index contributed by atoms with van der Waals surface area (Å²) < 4.78 is 11.0. The van der Waals surface area contributed by atoms with Crippen LogP contribution < -0.4 is 5.32 Å². The van der Waals surface area contributed by atoms with E-state index < -0.39 is 0 Å². The summed E-state index contributed by atoms with van der Waals surface area (Å²) in [5.41, 5.74) is 1.70. The van der Waals surface area contributed by atoms with Gasteiger partial charge in [-0.25, -0.2) is 4.79 Å². The number of halogens is 1. The van der Waals surface area contributed by atoms with E-state index in [0.29, 0.717) is 11.6 Å². The Bertz CT molecular complexity index is 444. The summed E-state index contributed by atoms with van der Waals surface area (Å²) in [4.78, 5) is 11.4. The van der Waals surface area contributed by atoms with Crippen molar-refractivity contribution in [3.05, 3.63) is 33.8 Å². The molecule has 1 aliphatic heterocycles. The first-order valence-electron chi connectivity index (χ1n) is 6.38. The lowest BCUT2D eigenvalue weighted by Gasteiger charge is -2.23. The van der Waals surface area contributed by atoms with Crippen molar-refractivity contribution >= 4 is 21.9 Å².